The number of benzene rings is 1. The number of carbonyl (C=O) groups is 1. The van der Waals surface area contributed by atoms with E-state index >= 15 is 0 Å². The van der Waals surface area contributed by atoms with E-state index in [-0.39, 0.29) is 5.91 Å². The van der Waals surface area contributed by atoms with Crippen molar-refractivity contribution in [2.24, 2.45) is 0 Å². The number of carbonyl (C=O) groups excluding carboxylic acids is 1. The van der Waals surface area contributed by atoms with E-state index < -0.39 is 0 Å². The first kappa shape index (κ1) is 12.0. The Morgan fingerprint density at radius 1 is 1.32 bits per heavy atom. The average Bonchev–Trinajstić information content (AvgIpc) is 3.05. The Balaban J connectivity index is 1.85. The van der Waals surface area contributed by atoms with Crippen LogP contribution >= 0.6 is 0 Å². The molecule has 4 nitrogen and oxygen atoms in total. The number of fused-ring (bicyclic) bond motifs is 1. The first-order valence-electron chi connectivity index (χ1n) is 6.42. The molecule has 0 atom stereocenters. The van der Waals surface area contributed by atoms with Crippen LogP contribution < -0.4 is 10.2 Å². The second-order valence-corrected chi connectivity index (χ2v) is 4.63. The smallest absolute Gasteiger partial charge is 0.293 e. The van der Waals surface area contributed by atoms with E-state index in [1.165, 1.54) is 5.56 Å². The molecular formula is C15H16N2O2. The van der Waals surface area contributed by atoms with E-state index in [4.69, 9.17) is 4.42 Å². The van der Waals surface area contributed by atoms with Crippen LogP contribution in [0, 0.1) is 0 Å². The summed E-state index contributed by atoms with van der Waals surface area (Å²) >= 11 is 0. The van der Waals surface area contributed by atoms with Gasteiger partial charge in [-0.25, -0.2) is 0 Å². The number of furan rings is 1. The fourth-order valence-corrected chi connectivity index (χ4v) is 2.44. The van der Waals surface area contributed by atoms with E-state index in [0.29, 0.717) is 12.3 Å². The van der Waals surface area contributed by atoms with Crippen molar-refractivity contribution in [2.45, 2.75) is 13.0 Å². The van der Waals surface area contributed by atoms with Crippen molar-refractivity contribution >= 4 is 11.6 Å². The number of amides is 1. The van der Waals surface area contributed by atoms with Gasteiger partial charge in [-0.1, -0.05) is 18.2 Å². The van der Waals surface area contributed by atoms with Gasteiger partial charge in [0.15, 0.2) is 5.76 Å². The Kier molecular flexibility index (Phi) is 3.09. The Labute approximate surface area is 112 Å². The molecule has 1 N–H and O–H groups in total. The highest BCUT2D eigenvalue weighted by atomic mass is 16.4. The van der Waals surface area contributed by atoms with Crippen LogP contribution in [0.1, 0.15) is 21.9 Å². The molecule has 0 fully saturated rings. The number of rotatable bonds is 3. The fourth-order valence-electron chi connectivity index (χ4n) is 2.44. The summed E-state index contributed by atoms with van der Waals surface area (Å²) < 4.78 is 5.56. The SMILES string of the molecule is CNCc1ccc(C(=O)N2CCc3ccccc32)o1. The largest absolute Gasteiger partial charge is 0.455 e. The van der Waals surface area contributed by atoms with E-state index in [1.54, 1.807) is 11.0 Å². The lowest BCUT2D eigenvalue weighted by atomic mass is 10.2. The summed E-state index contributed by atoms with van der Waals surface area (Å²) in [4.78, 5) is 14.2. The van der Waals surface area contributed by atoms with Gasteiger partial charge in [0.2, 0.25) is 0 Å². The zero-order valence-corrected chi connectivity index (χ0v) is 10.8. The van der Waals surface area contributed by atoms with Crippen LogP contribution in [0.5, 0.6) is 0 Å². The normalized spacial score (nSPS) is 13.6. The summed E-state index contributed by atoms with van der Waals surface area (Å²) in [5, 5.41) is 3.00. The number of para-hydroxylation sites is 1. The number of anilines is 1. The zero-order chi connectivity index (χ0) is 13.2. The summed E-state index contributed by atoms with van der Waals surface area (Å²) in [7, 11) is 1.85. The minimum atomic E-state index is -0.0627. The molecule has 1 aliphatic heterocycles. The molecule has 1 aromatic heterocycles. The van der Waals surface area contributed by atoms with Crippen LogP contribution in [0.4, 0.5) is 5.69 Å². The van der Waals surface area contributed by atoms with Crippen molar-refractivity contribution in [1.82, 2.24) is 5.32 Å². The third kappa shape index (κ3) is 2.15. The summed E-state index contributed by atoms with van der Waals surface area (Å²) in [6, 6.07) is 11.6. The van der Waals surface area contributed by atoms with Crippen molar-refractivity contribution in [3.8, 4) is 0 Å². The summed E-state index contributed by atoms with van der Waals surface area (Å²) in [5.74, 6) is 1.12. The molecule has 1 amide bonds. The Morgan fingerprint density at radius 2 is 2.16 bits per heavy atom. The van der Waals surface area contributed by atoms with Crippen molar-refractivity contribution in [2.75, 3.05) is 18.5 Å². The number of nitrogens with one attached hydrogen (secondary N) is 1. The standard InChI is InChI=1S/C15H16N2O2/c1-16-10-12-6-7-14(19-12)15(18)17-9-8-11-4-2-3-5-13(11)17/h2-7,16H,8-10H2,1H3. The molecule has 0 saturated heterocycles. The first-order valence-corrected chi connectivity index (χ1v) is 6.42. The van der Waals surface area contributed by atoms with Crippen LogP contribution in [-0.4, -0.2) is 19.5 Å². The molecule has 1 aliphatic rings. The van der Waals surface area contributed by atoms with Gasteiger partial charge < -0.3 is 14.6 Å². The zero-order valence-electron chi connectivity index (χ0n) is 10.8. The molecule has 0 radical (unpaired) electrons. The molecule has 0 unspecified atom stereocenters. The van der Waals surface area contributed by atoms with Gasteiger partial charge in [0.1, 0.15) is 5.76 Å². The Morgan fingerprint density at radius 3 is 3.00 bits per heavy atom. The lowest BCUT2D eigenvalue weighted by molar-refractivity contribution is 0.0961. The summed E-state index contributed by atoms with van der Waals surface area (Å²) in [6.45, 7) is 1.35. The van der Waals surface area contributed by atoms with E-state index in [9.17, 15) is 4.79 Å². The van der Waals surface area contributed by atoms with Crippen LogP contribution in [0.15, 0.2) is 40.8 Å². The van der Waals surface area contributed by atoms with Crippen molar-refractivity contribution in [3.63, 3.8) is 0 Å². The lowest BCUT2D eigenvalue weighted by Crippen LogP contribution is -2.28. The lowest BCUT2D eigenvalue weighted by Gasteiger charge is -2.15. The van der Waals surface area contributed by atoms with Crippen LogP contribution in [0.3, 0.4) is 0 Å². The molecule has 98 valence electrons. The van der Waals surface area contributed by atoms with Crippen LogP contribution in [0.2, 0.25) is 0 Å². The maximum Gasteiger partial charge on any atom is 0.293 e. The van der Waals surface area contributed by atoms with E-state index in [2.05, 4.69) is 11.4 Å². The van der Waals surface area contributed by atoms with E-state index in [1.807, 2.05) is 31.3 Å². The topological polar surface area (TPSA) is 45.5 Å². The van der Waals surface area contributed by atoms with Gasteiger partial charge in [-0.05, 0) is 37.2 Å². The molecule has 0 bridgehead atoms. The molecule has 0 spiro atoms. The van der Waals surface area contributed by atoms with Gasteiger partial charge in [0.25, 0.3) is 5.91 Å². The first-order chi connectivity index (χ1) is 9.29. The molecule has 3 rings (SSSR count). The second kappa shape index (κ2) is 4.90. The number of hydrogen-bond donors (Lipinski definition) is 1. The molecular weight excluding hydrogens is 240 g/mol. The van der Waals surface area contributed by atoms with Crippen LogP contribution in [0.25, 0.3) is 0 Å². The summed E-state index contributed by atoms with van der Waals surface area (Å²) in [5.41, 5.74) is 2.22. The second-order valence-electron chi connectivity index (χ2n) is 4.63. The number of hydrogen-bond acceptors (Lipinski definition) is 3. The predicted molar refractivity (Wildman–Crippen MR) is 73.3 cm³/mol. The highest BCUT2D eigenvalue weighted by molar-refractivity contribution is 6.05. The van der Waals surface area contributed by atoms with Gasteiger partial charge in [-0.2, -0.15) is 0 Å². The minimum absolute atomic E-state index is 0.0627. The van der Waals surface area contributed by atoms with Crippen molar-refractivity contribution in [3.05, 3.63) is 53.5 Å². The summed E-state index contributed by atoms with van der Waals surface area (Å²) in [6.07, 6.45) is 0.909. The Bertz CT molecular complexity index is 604. The maximum atomic E-state index is 12.4. The average molecular weight is 256 g/mol. The molecule has 1 aromatic carbocycles. The molecule has 4 heteroatoms. The monoisotopic (exact) mass is 256 g/mol. The molecule has 2 heterocycles. The Hall–Kier alpha value is -2.07. The molecule has 0 aliphatic carbocycles. The van der Waals surface area contributed by atoms with E-state index in [0.717, 1.165) is 24.4 Å². The fraction of sp³-hybridized carbons (Fsp3) is 0.267. The highest BCUT2D eigenvalue weighted by Crippen LogP contribution is 2.29. The maximum absolute atomic E-state index is 12.4. The van der Waals surface area contributed by atoms with Gasteiger partial charge in [0.05, 0.1) is 6.54 Å². The van der Waals surface area contributed by atoms with Crippen molar-refractivity contribution < 1.29 is 9.21 Å². The quantitative estimate of drug-likeness (QED) is 0.915. The third-order valence-corrected chi connectivity index (χ3v) is 3.36. The van der Waals surface area contributed by atoms with Crippen molar-refractivity contribution in [1.29, 1.82) is 0 Å². The van der Waals surface area contributed by atoms with Gasteiger partial charge in [-0.3, -0.25) is 4.79 Å². The minimum Gasteiger partial charge on any atom is -0.455 e. The predicted octanol–water partition coefficient (Wildman–Crippen LogP) is 2.20. The molecule has 19 heavy (non-hydrogen) atoms. The highest BCUT2D eigenvalue weighted by Gasteiger charge is 2.26. The van der Waals surface area contributed by atoms with Crippen LogP contribution in [-0.2, 0) is 13.0 Å². The van der Waals surface area contributed by atoms with Gasteiger partial charge in [-0.15, -0.1) is 0 Å². The number of nitrogens with zero attached hydrogens (tertiary/aromatic N) is 1. The third-order valence-electron chi connectivity index (χ3n) is 3.36. The molecule has 2 aromatic rings. The van der Waals surface area contributed by atoms with Gasteiger partial charge in [0, 0.05) is 12.2 Å². The molecule has 0 saturated carbocycles. The van der Waals surface area contributed by atoms with Gasteiger partial charge >= 0.3 is 0 Å².